The molecule has 0 unspecified atom stereocenters. The second kappa shape index (κ2) is 8.88. The van der Waals surface area contributed by atoms with E-state index in [1.165, 1.54) is 11.1 Å². The van der Waals surface area contributed by atoms with Crippen LogP contribution in [0.4, 0.5) is 0 Å². The molecule has 1 fully saturated rings. The summed E-state index contributed by atoms with van der Waals surface area (Å²) in [7, 11) is 1.61. The summed E-state index contributed by atoms with van der Waals surface area (Å²) in [5, 5.41) is 2.93. The van der Waals surface area contributed by atoms with Crippen molar-refractivity contribution in [2.24, 2.45) is 0 Å². The average molecular weight is 423 g/mol. The second-order valence-corrected chi connectivity index (χ2v) is 8.68. The van der Waals surface area contributed by atoms with Crippen molar-refractivity contribution in [2.45, 2.75) is 45.9 Å². The molecule has 1 aliphatic carbocycles. The summed E-state index contributed by atoms with van der Waals surface area (Å²) in [6.45, 7) is 5.07. The molecule has 0 bridgehead atoms. The first-order chi connectivity index (χ1) is 14.5. The fourth-order valence-electron chi connectivity index (χ4n) is 3.50. The SMILES string of the molecule is COc1cccc(C(=O)N(Cc2csc(COc3cc(C)cc(C)c3)n2)C2CC2)c1. The number of thiazole rings is 1. The zero-order valence-electron chi connectivity index (χ0n) is 17.6. The lowest BCUT2D eigenvalue weighted by molar-refractivity contribution is 0.0727. The molecule has 0 aliphatic heterocycles. The van der Waals surface area contributed by atoms with Crippen molar-refractivity contribution in [3.63, 3.8) is 0 Å². The third kappa shape index (κ3) is 5.00. The van der Waals surface area contributed by atoms with Gasteiger partial charge in [-0.1, -0.05) is 12.1 Å². The van der Waals surface area contributed by atoms with E-state index in [4.69, 9.17) is 14.5 Å². The molecule has 1 aromatic heterocycles. The molecule has 0 atom stereocenters. The Balaban J connectivity index is 1.42. The van der Waals surface area contributed by atoms with E-state index in [1.807, 2.05) is 40.6 Å². The molecule has 5 nitrogen and oxygen atoms in total. The maximum atomic E-state index is 13.1. The number of aryl methyl sites for hydroxylation is 2. The molecule has 0 spiro atoms. The molecule has 6 heteroatoms. The van der Waals surface area contributed by atoms with E-state index >= 15 is 0 Å². The molecule has 30 heavy (non-hydrogen) atoms. The Morgan fingerprint density at radius 3 is 2.60 bits per heavy atom. The molecule has 4 rings (SSSR count). The predicted molar refractivity (Wildman–Crippen MR) is 118 cm³/mol. The number of aromatic nitrogens is 1. The first kappa shape index (κ1) is 20.4. The Labute approximate surface area is 181 Å². The van der Waals surface area contributed by atoms with Gasteiger partial charge in [0.1, 0.15) is 23.1 Å². The Hall–Kier alpha value is -2.86. The van der Waals surface area contributed by atoms with Crippen molar-refractivity contribution < 1.29 is 14.3 Å². The van der Waals surface area contributed by atoms with E-state index < -0.39 is 0 Å². The van der Waals surface area contributed by atoms with Gasteiger partial charge >= 0.3 is 0 Å². The third-order valence-electron chi connectivity index (χ3n) is 5.05. The average Bonchev–Trinajstić information content (AvgIpc) is 3.48. The van der Waals surface area contributed by atoms with Crippen LogP contribution in [0.5, 0.6) is 11.5 Å². The molecule has 1 amide bonds. The molecule has 0 radical (unpaired) electrons. The van der Waals surface area contributed by atoms with Crippen LogP contribution >= 0.6 is 11.3 Å². The van der Waals surface area contributed by atoms with E-state index in [9.17, 15) is 4.79 Å². The molecule has 1 aliphatic rings. The van der Waals surface area contributed by atoms with E-state index in [0.717, 1.165) is 29.3 Å². The minimum absolute atomic E-state index is 0.0254. The summed E-state index contributed by atoms with van der Waals surface area (Å²) in [6.07, 6.45) is 2.09. The predicted octanol–water partition coefficient (Wildman–Crippen LogP) is 5.15. The van der Waals surface area contributed by atoms with Gasteiger partial charge in [-0.15, -0.1) is 11.3 Å². The molecule has 0 saturated heterocycles. The van der Waals surface area contributed by atoms with Gasteiger partial charge in [0.05, 0.1) is 19.3 Å². The van der Waals surface area contributed by atoms with Crippen LogP contribution in [0.1, 0.15) is 45.0 Å². The smallest absolute Gasteiger partial charge is 0.254 e. The van der Waals surface area contributed by atoms with Gasteiger partial charge in [-0.3, -0.25) is 4.79 Å². The number of hydrogen-bond acceptors (Lipinski definition) is 5. The Morgan fingerprint density at radius 2 is 1.90 bits per heavy atom. The monoisotopic (exact) mass is 422 g/mol. The standard InChI is InChI=1S/C24H26N2O3S/c1-16-9-17(2)11-22(10-16)29-14-23-25-19(15-30-23)13-26(20-7-8-20)24(27)18-5-4-6-21(12-18)28-3/h4-6,9-12,15,20H,7-8,13-14H2,1-3H3. The summed E-state index contributed by atoms with van der Waals surface area (Å²) in [6, 6.07) is 13.8. The summed E-state index contributed by atoms with van der Waals surface area (Å²) < 4.78 is 11.2. The van der Waals surface area contributed by atoms with Crippen LogP contribution in [-0.2, 0) is 13.2 Å². The fourth-order valence-corrected chi connectivity index (χ4v) is 4.19. The number of methoxy groups -OCH3 is 1. The molecular weight excluding hydrogens is 396 g/mol. The Morgan fingerprint density at radius 1 is 1.13 bits per heavy atom. The highest BCUT2D eigenvalue weighted by molar-refractivity contribution is 7.09. The summed E-state index contributed by atoms with van der Waals surface area (Å²) in [5.74, 6) is 1.57. The molecular formula is C24H26N2O3S. The number of carbonyl (C=O) groups is 1. The van der Waals surface area contributed by atoms with Crippen LogP contribution in [0.2, 0.25) is 0 Å². The van der Waals surface area contributed by atoms with Crippen molar-refractivity contribution in [1.82, 2.24) is 9.88 Å². The lowest BCUT2D eigenvalue weighted by Gasteiger charge is -2.21. The van der Waals surface area contributed by atoms with E-state index in [2.05, 4.69) is 19.9 Å². The zero-order valence-corrected chi connectivity index (χ0v) is 18.4. The highest BCUT2D eigenvalue weighted by Gasteiger charge is 2.33. The number of carbonyl (C=O) groups excluding carboxylic acids is 1. The first-order valence-corrected chi connectivity index (χ1v) is 11.0. The van der Waals surface area contributed by atoms with Crippen LogP contribution in [0, 0.1) is 13.8 Å². The molecule has 0 N–H and O–H groups in total. The first-order valence-electron chi connectivity index (χ1n) is 10.1. The molecule has 1 heterocycles. The van der Waals surface area contributed by atoms with Crippen LogP contribution < -0.4 is 9.47 Å². The van der Waals surface area contributed by atoms with E-state index in [1.54, 1.807) is 24.5 Å². The number of benzene rings is 2. The van der Waals surface area contributed by atoms with Crippen molar-refractivity contribution >= 4 is 17.2 Å². The van der Waals surface area contributed by atoms with Crippen LogP contribution in [0.3, 0.4) is 0 Å². The minimum Gasteiger partial charge on any atom is -0.497 e. The third-order valence-corrected chi connectivity index (χ3v) is 5.93. The lowest BCUT2D eigenvalue weighted by Crippen LogP contribution is -2.32. The fraction of sp³-hybridized carbons (Fsp3) is 0.333. The lowest BCUT2D eigenvalue weighted by atomic mass is 10.1. The topological polar surface area (TPSA) is 51.7 Å². The van der Waals surface area contributed by atoms with Crippen LogP contribution in [-0.4, -0.2) is 28.9 Å². The number of rotatable bonds is 8. The largest absolute Gasteiger partial charge is 0.497 e. The normalized spacial score (nSPS) is 13.2. The van der Waals surface area contributed by atoms with Gasteiger partial charge in [0.25, 0.3) is 5.91 Å². The highest BCUT2D eigenvalue weighted by atomic mass is 32.1. The summed E-state index contributed by atoms with van der Waals surface area (Å²) in [5.41, 5.74) is 3.92. The number of hydrogen-bond donors (Lipinski definition) is 0. The van der Waals surface area contributed by atoms with Gasteiger partial charge in [-0.05, 0) is 68.1 Å². The quantitative estimate of drug-likeness (QED) is 0.504. The van der Waals surface area contributed by atoms with Crippen molar-refractivity contribution in [3.8, 4) is 11.5 Å². The maximum absolute atomic E-state index is 13.1. The van der Waals surface area contributed by atoms with Gasteiger partial charge in [-0.2, -0.15) is 0 Å². The van der Waals surface area contributed by atoms with Gasteiger partial charge in [0.15, 0.2) is 0 Å². The maximum Gasteiger partial charge on any atom is 0.254 e. The Kier molecular flexibility index (Phi) is 6.04. The molecule has 1 saturated carbocycles. The van der Waals surface area contributed by atoms with E-state index in [-0.39, 0.29) is 5.91 Å². The van der Waals surface area contributed by atoms with Gasteiger partial charge in [-0.25, -0.2) is 4.98 Å². The van der Waals surface area contributed by atoms with Gasteiger partial charge in [0, 0.05) is 17.0 Å². The molecule has 3 aromatic rings. The van der Waals surface area contributed by atoms with Crippen LogP contribution in [0.15, 0.2) is 47.8 Å². The number of ether oxygens (including phenoxy) is 2. The van der Waals surface area contributed by atoms with Crippen LogP contribution in [0.25, 0.3) is 0 Å². The Bertz CT molecular complexity index is 1020. The van der Waals surface area contributed by atoms with E-state index in [0.29, 0.717) is 30.5 Å². The molecule has 2 aromatic carbocycles. The number of amides is 1. The molecule has 156 valence electrons. The van der Waals surface area contributed by atoms with Crippen molar-refractivity contribution in [3.05, 3.63) is 75.2 Å². The summed E-state index contributed by atoms with van der Waals surface area (Å²) >= 11 is 1.57. The summed E-state index contributed by atoms with van der Waals surface area (Å²) in [4.78, 5) is 19.7. The van der Waals surface area contributed by atoms with Gasteiger partial charge < -0.3 is 14.4 Å². The highest BCUT2D eigenvalue weighted by Crippen LogP contribution is 2.31. The van der Waals surface area contributed by atoms with Gasteiger partial charge in [0.2, 0.25) is 0 Å². The minimum atomic E-state index is 0.0254. The second-order valence-electron chi connectivity index (χ2n) is 7.74. The zero-order chi connectivity index (χ0) is 21.1. The van der Waals surface area contributed by atoms with Crippen molar-refractivity contribution in [2.75, 3.05) is 7.11 Å². The van der Waals surface area contributed by atoms with Crippen molar-refractivity contribution in [1.29, 1.82) is 0 Å². The number of nitrogens with zero attached hydrogens (tertiary/aromatic N) is 2.